The third kappa shape index (κ3) is 4.15. The van der Waals surface area contributed by atoms with Crippen LogP contribution in [0.5, 0.6) is 0 Å². The number of benzene rings is 2. The van der Waals surface area contributed by atoms with E-state index >= 15 is 0 Å². The van der Waals surface area contributed by atoms with Crippen molar-refractivity contribution in [3.63, 3.8) is 0 Å². The Morgan fingerprint density at radius 3 is 2.53 bits per heavy atom. The summed E-state index contributed by atoms with van der Waals surface area (Å²) in [4.78, 5) is 14.9. The highest BCUT2D eigenvalue weighted by molar-refractivity contribution is 7.90. The van der Waals surface area contributed by atoms with Gasteiger partial charge < -0.3 is 10.2 Å². The molecule has 0 saturated carbocycles. The fourth-order valence-corrected chi connectivity index (χ4v) is 6.03. The molecule has 0 bridgehead atoms. The van der Waals surface area contributed by atoms with E-state index in [1.165, 1.54) is 11.3 Å². The molecule has 164 valence electrons. The van der Waals surface area contributed by atoms with Gasteiger partial charge in [0.25, 0.3) is 10.0 Å². The van der Waals surface area contributed by atoms with Gasteiger partial charge in [0.15, 0.2) is 5.84 Å². The van der Waals surface area contributed by atoms with Crippen molar-refractivity contribution in [2.75, 3.05) is 18.4 Å². The van der Waals surface area contributed by atoms with E-state index in [2.05, 4.69) is 19.9 Å². The molecule has 5 rings (SSSR count). The van der Waals surface area contributed by atoms with Gasteiger partial charge in [0.1, 0.15) is 9.90 Å². The van der Waals surface area contributed by atoms with Crippen LogP contribution in [0.25, 0.3) is 0 Å². The molecule has 1 aromatic heterocycles. The number of amides is 1. The Kier molecular flexibility index (Phi) is 5.48. The summed E-state index contributed by atoms with van der Waals surface area (Å²) in [5.41, 5.74) is 1.78. The first-order valence-corrected chi connectivity index (χ1v) is 12.6. The van der Waals surface area contributed by atoms with Crippen molar-refractivity contribution >= 4 is 38.2 Å². The monoisotopic (exact) mass is 467 g/mol. The average Bonchev–Trinajstić information content (AvgIpc) is 3.36. The van der Waals surface area contributed by atoms with Gasteiger partial charge in [-0.1, -0.05) is 53.8 Å². The van der Waals surface area contributed by atoms with E-state index in [9.17, 15) is 13.2 Å². The van der Waals surface area contributed by atoms with Crippen LogP contribution in [0, 0.1) is 5.92 Å². The SMILES string of the molecule is O=C(Nc1nnc(Cc2ccccc2)s1)C1CCN(C2=NS(=O)(=O)c3ccccc32)CC1. The second-order valence-electron chi connectivity index (χ2n) is 7.80. The lowest BCUT2D eigenvalue weighted by Crippen LogP contribution is -2.41. The number of likely N-dealkylation sites (tertiary alicyclic amines) is 1. The van der Waals surface area contributed by atoms with Crippen LogP contribution >= 0.6 is 11.3 Å². The topological polar surface area (TPSA) is 105 Å². The third-order valence-electron chi connectivity index (χ3n) is 5.67. The maximum absolute atomic E-state index is 12.7. The summed E-state index contributed by atoms with van der Waals surface area (Å²) in [5, 5.41) is 12.5. The molecule has 2 aromatic carbocycles. The number of nitrogens with one attached hydrogen (secondary N) is 1. The molecule has 3 heterocycles. The first-order valence-electron chi connectivity index (χ1n) is 10.4. The Bertz CT molecular complexity index is 1280. The van der Waals surface area contributed by atoms with E-state index in [1.54, 1.807) is 18.2 Å². The summed E-state index contributed by atoms with van der Waals surface area (Å²) in [6, 6.07) is 16.9. The van der Waals surface area contributed by atoms with E-state index in [0.717, 1.165) is 10.6 Å². The van der Waals surface area contributed by atoms with Crippen LogP contribution in [0.15, 0.2) is 63.9 Å². The quantitative estimate of drug-likeness (QED) is 0.633. The van der Waals surface area contributed by atoms with Gasteiger partial charge in [-0.2, -0.15) is 8.42 Å². The van der Waals surface area contributed by atoms with Gasteiger partial charge in [0.05, 0.1) is 0 Å². The Balaban J connectivity index is 1.19. The zero-order valence-corrected chi connectivity index (χ0v) is 18.8. The maximum Gasteiger partial charge on any atom is 0.285 e. The molecule has 32 heavy (non-hydrogen) atoms. The average molecular weight is 468 g/mol. The predicted molar refractivity (Wildman–Crippen MR) is 122 cm³/mol. The number of fused-ring (bicyclic) bond motifs is 1. The Hall–Kier alpha value is -3.11. The van der Waals surface area contributed by atoms with Crippen molar-refractivity contribution in [2.45, 2.75) is 24.2 Å². The molecule has 2 aliphatic heterocycles. The van der Waals surface area contributed by atoms with Crippen molar-refractivity contribution in [3.8, 4) is 0 Å². The number of nitrogens with zero attached hydrogens (tertiary/aromatic N) is 4. The highest BCUT2D eigenvalue weighted by atomic mass is 32.2. The molecular weight excluding hydrogens is 446 g/mol. The van der Waals surface area contributed by atoms with Crippen LogP contribution in [-0.2, 0) is 21.2 Å². The summed E-state index contributed by atoms with van der Waals surface area (Å²) in [6.07, 6.45) is 1.91. The van der Waals surface area contributed by atoms with Gasteiger partial charge in [-0.05, 0) is 30.5 Å². The fourth-order valence-electron chi connectivity index (χ4n) is 4.02. The molecule has 0 radical (unpaired) electrons. The number of sulfonamides is 1. The fraction of sp³-hybridized carbons (Fsp3) is 0.273. The number of amidine groups is 1. The third-order valence-corrected chi connectivity index (χ3v) is 7.84. The normalized spacial score (nSPS) is 17.6. The van der Waals surface area contributed by atoms with Crippen LogP contribution in [0.4, 0.5) is 5.13 Å². The standard InChI is InChI=1S/C22H21N5O3S2/c28-21(23-22-25-24-19(31-22)14-15-6-2-1-3-7-15)16-10-12-27(13-11-16)20-17-8-4-5-9-18(17)32(29,30)26-20/h1-9,16H,10-14H2,(H,23,25,28). The summed E-state index contributed by atoms with van der Waals surface area (Å²) in [6.45, 7) is 1.13. The van der Waals surface area contributed by atoms with Crippen molar-refractivity contribution in [3.05, 3.63) is 70.7 Å². The van der Waals surface area contributed by atoms with Gasteiger partial charge in [-0.15, -0.1) is 14.6 Å². The minimum absolute atomic E-state index is 0.0755. The van der Waals surface area contributed by atoms with Crippen LogP contribution in [0.1, 0.15) is 29.0 Å². The lowest BCUT2D eigenvalue weighted by Gasteiger charge is -2.32. The number of carbonyl (C=O) groups excluding carboxylic acids is 1. The molecule has 0 aliphatic carbocycles. The Morgan fingerprint density at radius 1 is 1.03 bits per heavy atom. The second-order valence-corrected chi connectivity index (χ2v) is 10.4. The number of hydrogen-bond donors (Lipinski definition) is 1. The molecule has 1 amide bonds. The van der Waals surface area contributed by atoms with E-state index < -0.39 is 10.0 Å². The van der Waals surface area contributed by atoms with Gasteiger partial charge >= 0.3 is 0 Å². The number of hydrogen-bond acceptors (Lipinski definition) is 7. The van der Waals surface area contributed by atoms with Gasteiger partial charge in [0, 0.05) is 31.0 Å². The first-order chi connectivity index (χ1) is 15.5. The highest BCUT2D eigenvalue weighted by Crippen LogP contribution is 2.30. The van der Waals surface area contributed by atoms with Crippen LogP contribution in [-0.4, -0.2) is 48.3 Å². The summed E-state index contributed by atoms with van der Waals surface area (Å²) in [5.74, 6) is 0.240. The minimum atomic E-state index is -3.64. The summed E-state index contributed by atoms with van der Waals surface area (Å²) < 4.78 is 28.6. The Morgan fingerprint density at radius 2 is 1.75 bits per heavy atom. The molecule has 8 nitrogen and oxygen atoms in total. The Labute approximate surface area is 190 Å². The molecule has 2 aliphatic rings. The van der Waals surface area contributed by atoms with Gasteiger partial charge in [-0.3, -0.25) is 4.79 Å². The largest absolute Gasteiger partial charge is 0.355 e. The number of carbonyl (C=O) groups is 1. The molecule has 0 spiro atoms. The number of aromatic nitrogens is 2. The molecule has 1 saturated heterocycles. The molecule has 0 atom stereocenters. The van der Waals surface area contributed by atoms with E-state index in [0.29, 0.717) is 48.9 Å². The van der Waals surface area contributed by atoms with Gasteiger partial charge in [-0.25, -0.2) is 0 Å². The number of anilines is 1. The summed E-state index contributed by atoms with van der Waals surface area (Å²) in [7, 11) is -3.64. The zero-order valence-electron chi connectivity index (χ0n) is 17.1. The number of rotatable bonds is 4. The minimum Gasteiger partial charge on any atom is -0.355 e. The molecule has 0 unspecified atom stereocenters. The second kappa shape index (κ2) is 8.44. The van der Waals surface area contributed by atoms with Crippen LogP contribution in [0.3, 0.4) is 0 Å². The van der Waals surface area contributed by atoms with Crippen LogP contribution < -0.4 is 5.32 Å². The smallest absolute Gasteiger partial charge is 0.285 e. The zero-order chi connectivity index (χ0) is 22.1. The lowest BCUT2D eigenvalue weighted by molar-refractivity contribution is -0.120. The van der Waals surface area contributed by atoms with Crippen LogP contribution in [0.2, 0.25) is 0 Å². The van der Waals surface area contributed by atoms with Crippen molar-refractivity contribution < 1.29 is 13.2 Å². The molecule has 1 fully saturated rings. The lowest BCUT2D eigenvalue weighted by atomic mass is 9.95. The predicted octanol–water partition coefficient (Wildman–Crippen LogP) is 2.93. The number of piperidine rings is 1. The summed E-state index contributed by atoms with van der Waals surface area (Å²) >= 11 is 1.38. The molecule has 1 N–H and O–H groups in total. The van der Waals surface area contributed by atoms with Crippen molar-refractivity contribution in [1.82, 2.24) is 15.1 Å². The van der Waals surface area contributed by atoms with Gasteiger partial charge in [0.2, 0.25) is 11.0 Å². The maximum atomic E-state index is 12.7. The highest BCUT2D eigenvalue weighted by Gasteiger charge is 2.34. The van der Waals surface area contributed by atoms with Crippen molar-refractivity contribution in [2.24, 2.45) is 10.3 Å². The first kappa shape index (κ1) is 20.8. The molecule has 3 aromatic rings. The molecule has 10 heteroatoms. The van der Waals surface area contributed by atoms with E-state index in [-0.39, 0.29) is 16.7 Å². The van der Waals surface area contributed by atoms with E-state index in [4.69, 9.17) is 0 Å². The molecular formula is C22H21N5O3S2. The van der Waals surface area contributed by atoms with E-state index in [1.807, 2.05) is 41.3 Å². The van der Waals surface area contributed by atoms with Crippen molar-refractivity contribution in [1.29, 1.82) is 0 Å².